The van der Waals surface area contributed by atoms with Gasteiger partial charge in [0.2, 0.25) is 0 Å². The van der Waals surface area contributed by atoms with Crippen LogP contribution in [0.5, 0.6) is 5.75 Å². The largest absolute Gasteiger partial charge is 0.494 e. The maximum Gasteiger partial charge on any atom is 0.119 e. The van der Waals surface area contributed by atoms with Crippen molar-refractivity contribution in [3.63, 3.8) is 0 Å². The average molecular weight is 281 g/mol. The molecule has 0 bridgehead atoms. The molecule has 1 N–H and O–H groups in total. The normalized spacial score (nSPS) is 21.4. The highest BCUT2D eigenvalue weighted by molar-refractivity contribution is 5.33. The molecule has 21 heavy (non-hydrogen) atoms. The predicted molar refractivity (Wildman–Crippen MR) is 86.9 cm³/mol. The lowest BCUT2D eigenvalue weighted by Gasteiger charge is -2.20. The van der Waals surface area contributed by atoms with Crippen LogP contribution in [-0.2, 0) is 6.42 Å². The summed E-state index contributed by atoms with van der Waals surface area (Å²) in [5.41, 5.74) is 2.80. The van der Waals surface area contributed by atoms with Crippen molar-refractivity contribution in [1.82, 2.24) is 5.32 Å². The van der Waals surface area contributed by atoms with Crippen LogP contribution in [0.1, 0.15) is 30.4 Å². The molecule has 0 aliphatic carbocycles. The minimum absolute atomic E-state index is 0.518. The SMILES string of the molecule is CCOc1cccc(C2CCNC2Cc2ccccc2)c1. The molecule has 2 unspecified atom stereocenters. The molecule has 0 saturated carbocycles. The molecule has 0 spiro atoms. The highest BCUT2D eigenvalue weighted by atomic mass is 16.5. The summed E-state index contributed by atoms with van der Waals surface area (Å²) in [6.07, 6.45) is 2.29. The van der Waals surface area contributed by atoms with Crippen LogP contribution in [0.15, 0.2) is 54.6 Å². The molecule has 2 aromatic rings. The van der Waals surface area contributed by atoms with Crippen molar-refractivity contribution in [3.05, 3.63) is 65.7 Å². The summed E-state index contributed by atoms with van der Waals surface area (Å²) in [6, 6.07) is 19.9. The molecule has 0 amide bonds. The molecule has 0 radical (unpaired) electrons. The molecule has 2 aromatic carbocycles. The molecular formula is C19H23NO. The Morgan fingerprint density at radius 1 is 1.10 bits per heavy atom. The van der Waals surface area contributed by atoms with Crippen LogP contribution in [-0.4, -0.2) is 19.2 Å². The maximum absolute atomic E-state index is 5.64. The lowest BCUT2D eigenvalue weighted by Crippen LogP contribution is -2.28. The van der Waals surface area contributed by atoms with Gasteiger partial charge in [-0.1, -0.05) is 42.5 Å². The van der Waals surface area contributed by atoms with Crippen LogP contribution in [0.4, 0.5) is 0 Å². The quantitative estimate of drug-likeness (QED) is 0.900. The standard InChI is InChI=1S/C19H23NO/c1-2-21-17-10-6-9-16(14-17)18-11-12-20-19(18)13-15-7-4-3-5-8-15/h3-10,14,18-20H,2,11-13H2,1H3. The predicted octanol–water partition coefficient (Wildman–Crippen LogP) is 3.77. The summed E-state index contributed by atoms with van der Waals surface area (Å²) in [5, 5.41) is 3.66. The smallest absolute Gasteiger partial charge is 0.119 e. The van der Waals surface area contributed by atoms with E-state index in [2.05, 4.69) is 53.8 Å². The molecule has 2 atom stereocenters. The first-order valence-electron chi connectivity index (χ1n) is 7.87. The van der Waals surface area contributed by atoms with Gasteiger partial charge in [0.1, 0.15) is 5.75 Å². The van der Waals surface area contributed by atoms with E-state index in [1.165, 1.54) is 17.5 Å². The topological polar surface area (TPSA) is 21.3 Å². The molecule has 2 nitrogen and oxygen atoms in total. The van der Waals surface area contributed by atoms with Crippen LogP contribution < -0.4 is 10.1 Å². The Hall–Kier alpha value is -1.80. The van der Waals surface area contributed by atoms with Crippen molar-refractivity contribution < 1.29 is 4.74 Å². The highest BCUT2D eigenvalue weighted by Crippen LogP contribution is 2.31. The van der Waals surface area contributed by atoms with E-state index < -0.39 is 0 Å². The summed E-state index contributed by atoms with van der Waals surface area (Å²) in [6.45, 7) is 3.85. The fourth-order valence-electron chi connectivity index (χ4n) is 3.25. The second-order valence-corrected chi connectivity index (χ2v) is 5.65. The summed E-state index contributed by atoms with van der Waals surface area (Å²) < 4.78 is 5.64. The van der Waals surface area contributed by atoms with E-state index in [1.54, 1.807) is 0 Å². The number of nitrogens with one attached hydrogen (secondary N) is 1. The molecule has 0 aromatic heterocycles. The molecular weight excluding hydrogens is 258 g/mol. The Kier molecular flexibility index (Phi) is 4.56. The molecule has 2 heteroatoms. The Morgan fingerprint density at radius 2 is 1.95 bits per heavy atom. The van der Waals surface area contributed by atoms with Crippen molar-refractivity contribution in [1.29, 1.82) is 0 Å². The lowest BCUT2D eigenvalue weighted by molar-refractivity contribution is 0.339. The molecule has 1 aliphatic rings. The van der Waals surface area contributed by atoms with Gasteiger partial charge in [0, 0.05) is 12.0 Å². The van der Waals surface area contributed by atoms with Crippen molar-refractivity contribution in [2.45, 2.75) is 31.7 Å². The van der Waals surface area contributed by atoms with E-state index in [9.17, 15) is 0 Å². The van der Waals surface area contributed by atoms with E-state index in [-0.39, 0.29) is 0 Å². The van der Waals surface area contributed by atoms with Gasteiger partial charge in [-0.2, -0.15) is 0 Å². The molecule has 1 saturated heterocycles. The van der Waals surface area contributed by atoms with Gasteiger partial charge in [0.05, 0.1) is 6.61 Å². The van der Waals surface area contributed by atoms with E-state index in [0.717, 1.165) is 25.3 Å². The van der Waals surface area contributed by atoms with Gasteiger partial charge in [0.25, 0.3) is 0 Å². The summed E-state index contributed by atoms with van der Waals surface area (Å²) in [7, 11) is 0. The van der Waals surface area contributed by atoms with Crippen molar-refractivity contribution >= 4 is 0 Å². The fourth-order valence-corrected chi connectivity index (χ4v) is 3.25. The zero-order chi connectivity index (χ0) is 14.5. The molecule has 3 rings (SSSR count). The highest BCUT2D eigenvalue weighted by Gasteiger charge is 2.28. The summed E-state index contributed by atoms with van der Waals surface area (Å²) in [5.74, 6) is 1.56. The Morgan fingerprint density at radius 3 is 2.76 bits per heavy atom. The monoisotopic (exact) mass is 281 g/mol. The van der Waals surface area contributed by atoms with Crippen LogP contribution >= 0.6 is 0 Å². The number of hydrogen-bond acceptors (Lipinski definition) is 2. The van der Waals surface area contributed by atoms with Gasteiger partial charge < -0.3 is 10.1 Å². The first-order valence-corrected chi connectivity index (χ1v) is 7.87. The first kappa shape index (κ1) is 14.2. The second kappa shape index (κ2) is 6.77. The zero-order valence-electron chi connectivity index (χ0n) is 12.6. The third kappa shape index (κ3) is 3.45. The van der Waals surface area contributed by atoms with Gasteiger partial charge in [-0.3, -0.25) is 0 Å². The first-order chi connectivity index (χ1) is 10.4. The number of benzene rings is 2. The van der Waals surface area contributed by atoms with Crippen LogP contribution in [0, 0.1) is 0 Å². The molecule has 1 fully saturated rings. The number of ether oxygens (including phenoxy) is 1. The van der Waals surface area contributed by atoms with E-state index in [0.29, 0.717) is 12.0 Å². The van der Waals surface area contributed by atoms with E-state index in [1.807, 2.05) is 13.0 Å². The maximum atomic E-state index is 5.64. The minimum Gasteiger partial charge on any atom is -0.494 e. The van der Waals surface area contributed by atoms with Crippen molar-refractivity contribution in [2.24, 2.45) is 0 Å². The zero-order valence-corrected chi connectivity index (χ0v) is 12.6. The van der Waals surface area contributed by atoms with Crippen molar-refractivity contribution in [3.8, 4) is 5.75 Å². The third-order valence-electron chi connectivity index (χ3n) is 4.24. The lowest BCUT2D eigenvalue weighted by atomic mass is 9.88. The number of rotatable bonds is 5. The molecule has 1 aliphatic heterocycles. The molecule has 110 valence electrons. The van der Waals surface area contributed by atoms with Gasteiger partial charge >= 0.3 is 0 Å². The number of hydrogen-bond donors (Lipinski definition) is 1. The minimum atomic E-state index is 0.518. The Balaban J connectivity index is 1.76. The van der Waals surface area contributed by atoms with Gasteiger partial charge in [-0.15, -0.1) is 0 Å². The van der Waals surface area contributed by atoms with E-state index >= 15 is 0 Å². The van der Waals surface area contributed by atoms with Crippen LogP contribution in [0.2, 0.25) is 0 Å². The van der Waals surface area contributed by atoms with Gasteiger partial charge in [-0.25, -0.2) is 0 Å². The fraction of sp³-hybridized carbons (Fsp3) is 0.368. The Bertz CT molecular complexity index is 567. The van der Waals surface area contributed by atoms with Gasteiger partial charge in [0.15, 0.2) is 0 Å². The summed E-state index contributed by atoms with van der Waals surface area (Å²) in [4.78, 5) is 0. The Labute approximate surface area is 127 Å². The second-order valence-electron chi connectivity index (χ2n) is 5.65. The van der Waals surface area contributed by atoms with Crippen LogP contribution in [0.3, 0.4) is 0 Å². The molecule has 1 heterocycles. The van der Waals surface area contributed by atoms with E-state index in [4.69, 9.17) is 4.74 Å². The summed E-state index contributed by atoms with van der Waals surface area (Å²) >= 11 is 0. The third-order valence-corrected chi connectivity index (χ3v) is 4.24. The average Bonchev–Trinajstić information content (AvgIpc) is 2.97. The van der Waals surface area contributed by atoms with Gasteiger partial charge in [-0.05, 0) is 49.6 Å². The van der Waals surface area contributed by atoms with Crippen LogP contribution in [0.25, 0.3) is 0 Å². The van der Waals surface area contributed by atoms with Crippen molar-refractivity contribution in [2.75, 3.05) is 13.2 Å².